The molecule has 2 fully saturated rings. The first-order valence-electron chi connectivity index (χ1n) is 7.69. The number of benzene rings is 1. The van der Waals surface area contributed by atoms with E-state index in [0.29, 0.717) is 11.6 Å². The molecule has 1 aromatic carbocycles. The lowest BCUT2D eigenvalue weighted by Gasteiger charge is -2.45. The molecule has 1 aliphatic heterocycles. The fourth-order valence-electron chi connectivity index (χ4n) is 3.41. The smallest absolute Gasteiger partial charge is 0.0278 e. The lowest BCUT2D eigenvalue weighted by atomic mass is 9.93. The van der Waals surface area contributed by atoms with Crippen molar-refractivity contribution in [1.29, 1.82) is 0 Å². The van der Waals surface area contributed by atoms with Gasteiger partial charge in [0.05, 0.1) is 0 Å². The predicted molar refractivity (Wildman–Crippen MR) is 80.5 cm³/mol. The molecule has 0 aromatic heterocycles. The minimum atomic E-state index is 0.302. The normalized spacial score (nSPS) is 39.2. The zero-order valence-electron chi connectivity index (χ0n) is 12.4. The highest BCUT2D eigenvalue weighted by molar-refractivity contribution is 5.28. The minimum Gasteiger partial charge on any atom is -0.309 e. The van der Waals surface area contributed by atoms with Crippen LogP contribution >= 0.6 is 0 Å². The zero-order chi connectivity index (χ0) is 13.5. The van der Waals surface area contributed by atoms with Crippen molar-refractivity contribution in [3.05, 3.63) is 35.9 Å². The number of nitrogens with one attached hydrogen (secondary N) is 1. The number of hydrogen-bond donors (Lipinski definition) is 1. The van der Waals surface area contributed by atoms with E-state index < -0.39 is 0 Å². The molecule has 2 nitrogen and oxygen atoms in total. The number of nitrogens with zero attached hydrogens (tertiary/aromatic N) is 1. The first kappa shape index (κ1) is 13.1. The molecular formula is C17H26N2. The maximum atomic E-state index is 3.72. The molecule has 4 atom stereocenters. The van der Waals surface area contributed by atoms with Crippen molar-refractivity contribution < 1.29 is 0 Å². The molecule has 1 aromatic rings. The monoisotopic (exact) mass is 258 g/mol. The van der Waals surface area contributed by atoms with Crippen molar-refractivity contribution in [1.82, 2.24) is 10.2 Å². The summed E-state index contributed by atoms with van der Waals surface area (Å²) < 4.78 is 0. The summed E-state index contributed by atoms with van der Waals surface area (Å²) in [6, 6.07) is 12.5. The molecule has 19 heavy (non-hydrogen) atoms. The molecule has 1 saturated heterocycles. The first-order chi connectivity index (χ1) is 9.13. The summed E-state index contributed by atoms with van der Waals surface area (Å²) in [6.07, 6.45) is 2.55. The maximum absolute atomic E-state index is 3.72. The van der Waals surface area contributed by atoms with Gasteiger partial charge in [-0.3, -0.25) is 4.90 Å². The van der Waals surface area contributed by atoms with E-state index in [1.54, 1.807) is 0 Å². The fourth-order valence-corrected chi connectivity index (χ4v) is 3.41. The fraction of sp³-hybridized carbons (Fsp3) is 0.647. The second kappa shape index (κ2) is 4.92. The van der Waals surface area contributed by atoms with E-state index in [4.69, 9.17) is 0 Å². The van der Waals surface area contributed by atoms with E-state index >= 15 is 0 Å². The summed E-state index contributed by atoms with van der Waals surface area (Å²) >= 11 is 0. The van der Waals surface area contributed by atoms with E-state index in [2.05, 4.69) is 61.3 Å². The second-order valence-electron chi connectivity index (χ2n) is 6.64. The molecule has 0 radical (unpaired) electrons. The van der Waals surface area contributed by atoms with Gasteiger partial charge in [-0.05, 0) is 32.3 Å². The Kier molecular flexibility index (Phi) is 3.40. The molecule has 0 amide bonds. The van der Waals surface area contributed by atoms with Gasteiger partial charge < -0.3 is 5.32 Å². The van der Waals surface area contributed by atoms with Crippen LogP contribution in [0.3, 0.4) is 0 Å². The Balaban J connectivity index is 1.70. The third-order valence-corrected chi connectivity index (χ3v) is 5.11. The number of hydrogen-bond acceptors (Lipinski definition) is 2. The van der Waals surface area contributed by atoms with E-state index in [0.717, 1.165) is 18.5 Å². The van der Waals surface area contributed by atoms with Crippen molar-refractivity contribution in [2.24, 2.45) is 0 Å². The van der Waals surface area contributed by atoms with Crippen LogP contribution in [0, 0.1) is 0 Å². The average molecular weight is 258 g/mol. The molecule has 1 N–H and O–H groups in total. The van der Waals surface area contributed by atoms with Gasteiger partial charge in [0.25, 0.3) is 0 Å². The third-order valence-electron chi connectivity index (χ3n) is 5.11. The topological polar surface area (TPSA) is 15.3 Å². The molecule has 1 aliphatic carbocycles. The van der Waals surface area contributed by atoms with Crippen LogP contribution in [0.1, 0.15) is 45.1 Å². The summed E-state index contributed by atoms with van der Waals surface area (Å²) in [5.41, 5.74) is 1.83. The Morgan fingerprint density at radius 3 is 2.74 bits per heavy atom. The SMILES string of the molecule is CCC1(C)CN(C2CC2c2ccccc2)C(C)CN1. The highest BCUT2D eigenvalue weighted by atomic mass is 15.3. The van der Waals surface area contributed by atoms with Crippen molar-refractivity contribution >= 4 is 0 Å². The van der Waals surface area contributed by atoms with Gasteiger partial charge in [0.2, 0.25) is 0 Å². The Hall–Kier alpha value is -0.860. The summed E-state index contributed by atoms with van der Waals surface area (Å²) in [4.78, 5) is 2.75. The van der Waals surface area contributed by atoms with Crippen LogP contribution in [-0.2, 0) is 0 Å². The van der Waals surface area contributed by atoms with Gasteiger partial charge in [-0.2, -0.15) is 0 Å². The van der Waals surface area contributed by atoms with Crippen LogP contribution in [-0.4, -0.2) is 35.6 Å². The quantitative estimate of drug-likeness (QED) is 0.896. The van der Waals surface area contributed by atoms with Gasteiger partial charge in [-0.15, -0.1) is 0 Å². The van der Waals surface area contributed by atoms with E-state index in [1.807, 2.05) is 0 Å². The van der Waals surface area contributed by atoms with E-state index in [9.17, 15) is 0 Å². The van der Waals surface area contributed by atoms with Gasteiger partial charge in [-0.25, -0.2) is 0 Å². The largest absolute Gasteiger partial charge is 0.309 e. The lowest BCUT2D eigenvalue weighted by molar-refractivity contribution is 0.0842. The van der Waals surface area contributed by atoms with Crippen LogP contribution < -0.4 is 5.32 Å². The summed E-state index contributed by atoms with van der Waals surface area (Å²) in [6.45, 7) is 9.35. The highest BCUT2D eigenvalue weighted by Gasteiger charge is 2.47. The third kappa shape index (κ3) is 2.56. The number of rotatable bonds is 3. The Morgan fingerprint density at radius 2 is 2.05 bits per heavy atom. The van der Waals surface area contributed by atoms with Crippen LogP contribution in [0.15, 0.2) is 30.3 Å². The summed E-state index contributed by atoms with van der Waals surface area (Å²) in [5, 5.41) is 3.72. The Morgan fingerprint density at radius 1 is 1.32 bits per heavy atom. The molecule has 2 heteroatoms. The molecule has 0 spiro atoms. The van der Waals surface area contributed by atoms with Gasteiger partial charge >= 0.3 is 0 Å². The van der Waals surface area contributed by atoms with Crippen molar-refractivity contribution in [3.63, 3.8) is 0 Å². The molecule has 1 saturated carbocycles. The van der Waals surface area contributed by atoms with Crippen LogP contribution in [0.25, 0.3) is 0 Å². The Bertz CT molecular complexity index is 430. The molecular weight excluding hydrogens is 232 g/mol. The molecule has 104 valence electrons. The molecule has 3 rings (SSSR count). The van der Waals surface area contributed by atoms with Crippen LogP contribution in [0.2, 0.25) is 0 Å². The molecule has 0 bridgehead atoms. The summed E-state index contributed by atoms with van der Waals surface area (Å²) in [7, 11) is 0. The van der Waals surface area contributed by atoms with Crippen LogP contribution in [0.5, 0.6) is 0 Å². The Labute approximate surface area is 117 Å². The van der Waals surface area contributed by atoms with E-state index in [-0.39, 0.29) is 0 Å². The lowest BCUT2D eigenvalue weighted by Crippen LogP contribution is -2.62. The van der Waals surface area contributed by atoms with Crippen molar-refractivity contribution in [2.75, 3.05) is 13.1 Å². The minimum absolute atomic E-state index is 0.302. The number of piperazine rings is 1. The summed E-state index contributed by atoms with van der Waals surface area (Å²) in [5.74, 6) is 0.767. The average Bonchev–Trinajstić information content (AvgIpc) is 3.23. The first-order valence-corrected chi connectivity index (χ1v) is 7.69. The van der Waals surface area contributed by atoms with Gasteiger partial charge in [0.15, 0.2) is 0 Å². The van der Waals surface area contributed by atoms with E-state index in [1.165, 1.54) is 24.9 Å². The van der Waals surface area contributed by atoms with Gasteiger partial charge in [-0.1, -0.05) is 37.3 Å². The standard InChI is InChI=1S/C17H26N2/c1-4-17(3)12-19(13(2)11-18-17)16-10-15(16)14-8-6-5-7-9-14/h5-9,13,15-16,18H,4,10-12H2,1-3H3. The molecule has 4 unspecified atom stereocenters. The van der Waals surface area contributed by atoms with Crippen molar-refractivity contribution in [2.45, 2.75) is 57.2 Å². The maximum Gasteiger partial charge on any atom is 0.0278 e. The predicted octanol–water partition coefficient (Wildman–Crippen LogP) is 3.00. The van der Waals surface area contributed by atoms with Gasteiger partial charge in [0, 0.05) is 36.6 Å². The van der Waals surface area contributed by atoms with Crippen LogP contribution in [0.4, 0.5) is 0 Å². The highest BCUT2D eigenvalue weighted by Crippen LogP contribution is 2.46. The van der Waals surface area contributed by atoms with Gasteiger partial charge in [0.1, 0.15) is 0 Å². The molecule has 1 heterocycles. The second-order valence-corrected chi connectivity index (χ2v) is 6.64. The molecule has 2 aliphatic rings. The zero-order valence-corrected chi connectivity index (χ0v) is 12.4. The van der Waals surface area contributed by atoms with Crippen molar-refractivity contribution in [3.8, 4) is 0 Å².